The van der Waals surface area contributed by atoms with Crippen LogP contribution in [0.1, 0.15) is 16.7 Å². The lowest BCUT2D eigenvalue weighted by molar-refractivity contribution is -0.122. The highest BCUT2D eigenvalue weighted by Gasteiger charge is 2.31. The predicted molar refractivity (Wildman–Crippen MR) is 111 cm³/mol. The number of ether oxygens (including phenoxy) is 2. The summed E-state index contributed by atoms with van der Waals surface area (Å²) in [6.45, 7) is 4.75. The molecule has 2 aliphatic rings. The van der Waals surface area contributed by atoms with Gasteiger partial charge in [0.2, 0.25) is 0 Å². The van der Waals surface area contributed by atoms with Crippen LogP contribution in [-0.2, 0) is 22.4 Å². The van der Waals surface area contributed by atoms with Crippen LogP contribution in [0, 0.1) is 6.92 Å². The van der Waals surface area contributed by atoms with E-state index in [9.17, 15) is 4.79 Å². The molecule has 5 nitrogen and oxygen atoms in total. The minimum absolute atomic E-state index is 0.0463. The maximum Gasteiger partial charge on any atom is 0.253 e. The number of rotatable bonds is 3. The normalized spacial score (nSPS) is 16.7. The quantitative estimate of drug-likeness (QED) is 0.773. The van der Waals surface area contributed by atoms with Gasteiger partial charge >= 0.3 is 0 Å². The van der Waals surface area contributed by atoms with E-state index in [1.54, 1.807) is 7.11 Å². The summed E-state index contributed by atoms with van der Waals surface area (Å²) in [6.07, 6.45) is 1.71. The number of fused-ring (bicyclic) bond motifs is 2. The summed E-state index contributed by atoms with van der Waals surface area (Å²) >= 11 is 0. The molecule has 4 rings (SSSR count). The second kappa shape index (κ2) is 7.98. The van der Waals surface area contributed by atoms with Crippen molar-refractivity contribution in [1.82, 2.24) is 4.81 Å². The van der Waals surface area contributed by atoms with E-state index in [1.165, 1.54) is 16.7 Å². The molecule has 1 amide bonds. The highest BCUT2D eigenvalue weighted by molar-refractivity contribution is 6.04. The Morgan fingerprint density at radius 3 is 2.82 bits per heavy atom. The average Bonchev–Trinajstić information content (AvgIpc) is 2.87. The standard InChI is InChI=1S/C22H25BN2O3/c1-15-4-3-5-17(12-15)21-18-7-9-24(23)8-6-16(18)13-19-22(21)25(10-11-28-19)20(26)14-27-2/h3-5,12-13H,6-11,14H2,1-2H3. The van der Waals surface area contributed by atoms with Gasteiger partial charge in [0.25, 0.3) is 5.91 Å². The number of methoxy groups -OCH3 is 1. The molecule has 0 atom stereocenters. The number of hydrogen-bond acceptors (Lipinski definition) is 4. The van der Waals surface area contributed by atoms with Gasteiger partial charge in [-0.15, -0.1) is 0 Å². The van der Waals surface area contributed by atoms with Gasteiger partial charge in [0.05, 0.1) is 12.2 Å². The molecular formula is C22H25BN2O3. The van der Waals surface area contributed by atoms with Crippen molar-refractivity contribution in [2.45, 2.75) is 19.8 Å². The topological polar surface area (TPSA) is 42.0 Å². The third-order valence-corrected chi connectivity index (χ3v) is 5.50. The lowest BCUT2D eigenvalue weighted by Crippen LogP contribution is -2.40. The van der Waals surface area contributed by atoms with Gasteiger partial charge in [-0.2, -0.15) is 0 Å². The van der Waals surface area contributed by atoms with Crippen LogP contribution in [0.3, 0.4) is 0 Å². The molecule has 2 heterocycles. The molecule has 0 aliphatic carbocycles. The maximum atomic E-state index is 12.8. The summed E-state index contributed by atoms with van der Waals surface area (Å²) in [5.41, 5.74) is 6.77. The van der Waals surface area contributed by atoms with Crippen LogP contribution in [0.4, 0.5) is 5.69 Å². The molecule has 144 valence electrons. The Morgan fingerprint density at radius 1 is 1.21 bits per heavy atom. The third-order valence-electron chi connectivity index (χ3n) is 5.50. The fraction of sp³-hybridized carbons (Fsp3) is 0.409. The van der Waals surface area contributed by atoms with E-state index >= 15 is 0 Å². The van der Waals surface area contributed by atoms with Crippen LogP contribution in [0.15, 0.2) is 30.3 Å². The molecule has 2 aromatic rings. The molecule has 0 aromatic heterocycles. The molecule has 2 aromatic carbocycles. The first kappa shape index (κ1) is 19.0. The zero-order valence-electron chi connectivity index (χ0n) is 16.5. The summed E-state index contributed by atoms with van der Waals surface area (Å²) in [4.78, 5) is 16.5. The molecule has 0 saturated carbocycles. The molecule has 0 N–H and O–H groups in total. The van der Waals surface area contributed by atoms with E-state index in [4.69, 9.17) is 17.5 Å². The van der Waals surface area contributed by atoms with E-state index in [2.05, 4.69) is 37.3 Å². The van der Waals surface area contributed by atoms with Crippen LogP contribution in [0.2, 0.25) is 0 Å². The van der Waals surface area contributed by atoms with Crippen LogP contribution in [0.5, 0.6) is 5.75 Å². The molecule has 6 heteroatoms. The number of hydrogen-bond donors (Lipinski definition) is 0. The number of amides is 1. The van der Waals surface area contributed by atoms with Crippen molar-refractivity contribution < 1.29 is 14.3 Å². The Kier molecular flexibility index (Phi) is 5.42. The van der Waals surface area contributed by atoms with Crippen LogP contribution in [-0.4, -0.2) is 58.7 Å². The van der Waals surface area contributed by atoms with Crippen molar-refractivity contribution in [3.63, 3.8) is 0 Å². The Morgan fingerprint density at radius 2 is 2.04 bits per heavy atom. The van der Waals surface area contributed by atoms with E-state index in [1.807, 2.05) is 9.71 Å². The lowest BCUT2D eigenvalue weighted by Gasteiger charge is -2.33. The number of carbonyl (C=O) groups excluding carboxylic acids is 1. The summed E-state index contributed by atoms with van der Waals surface area (Å²) in [5.74, 6) is 0.728. The Labute approximate surface area is 167 Å². The largest absolute Gasteiger partial charge is 0.490 e. The second-order valence-corrected chi connectivity index (χ2v) is 7.47. The second-order valence-electron chi connectivity index (χ2n) is 7.47. The van der Waals surface area contributed by atoms with Gasteiger partial charge < -0.3 is 19.2 Å². The first-order valence-corrected chi connectivity index (χ1v) is 9.76. The molecule has 0 saturated heterocycles. The van der Waals surface area contributed by atoms with Gasteiger partial charge in [0.1, 0.15) is 19.0 Å². The number of aryl methyl sites for hydroxylation is 1. The fourth-order valence-electron chi connectivity index (χ4n) is 4.18. The van der Waals surface area contributed by atoms with Crippen molar-refractivity contribution >= 4 is 19.6 Å². The summed E-state index contributed by atoms with van der Waals surface area (Å²) in [7, 11) is 7.67. The van der Waals surface area contributed by atoms with E-state index in [-0.39, 0.29) is 12.5 Å². The average molecular weight is 376 g/mol. The maximum absolute atomic E-state index is 12.8. The van der Waals surface area contributed by atoms with Crippen molar-refractivity contribution in [3.8, 4) is 16.9 Å². The summed E-state index contributed by atoms with van der Waals surface area (Å²) in [5, 5.41) is 0. The summed E-state index contributed by atoms with van der Waals surface area (Å²) in [6, 6.07) is 10.5. The van der Waals surface area contributed by atoms with Crippen molar-refractivity contribution in [2.75, 3.05) is 44.9 Å². The van der Waals surface area contributed by atoms with Crippen molar-refractivity contribution in [2.24, 2.45) is 0 Å². The number of benzene rings is 2. The van der Waals surface area contributed by atoms with Crippen molar-refractivity contribution in [1.29, 1.82) is 0 Å². The zero-order valence-corrected chi connectivity index (χ0v) is 16.5. The minimum Gasteiger partial charge on any atom is -0.490 e. The molecule has 0 fully saturated rings. The van der Waals surface area contributed by atoms with E-state index in [0.29, 0.717) is 13.2 Å². The van der Waals surface area contributed by atoms with Crippen LogP contribution >= 0.6 is 0 Å². The Hall–Kier alpha value is -2.31. The third kappa shape index (κ3) is 3.54. The van der Waals surface area contributed by atoms with Gasteiger partial charge in [-0.3, -0.25) is 4.79 Å². The highest BCUT2D eigenvalue weighted by atomic mass is 16.5. The lowest BCUT2D eigenvalue weighted by atomic mass is 9.89. The first-order valence-electron chi connectivity index (χ1n) is 9.76. The van der Waals surface area contributed by atoms with Crippen molar-refractivity contribution in [3.05, 3.63) is 47.0 Å². The fourth-order valence-corrected chi connectivity index (χ4v) is 4.18. The molecule has 28 heavy (non-hydrogen) atoms. The SMILES string of the molecule is [B]N1CCc2cc3c(c(-c4cccc(C)c4)c2CC1)N(C(=O)COC)CCO3. The Balaban J connectivity index is 1.96. The van der Waals surface area contributed by atoms with Crippen LogP contribution in [0.25, 0.3) is 11.1 Å². The smallest absolute Gasteiger partial charge is 0.253 e. The van der Waals surface area contributed by atoms with E-state index in [0.717, 1.165) is 48.5 Å². The molecule has 0 bridgehead atoms. The molecule has 2 aliphatic heterocycles. The van der Waals surface area contributed by atoms with Gasteiger partial charge in [-0.05, 0) is 55.6 Å². The first-order chi connectivity index (χ1) is 13.6. The highest BCUT2D eigenvalue weighted by Crippen LogP contribution is 2.45. The van der Waals surface area contributed by atoms with Gasteiger partial charge in [-0.1, -0.05) is 29.8 Å². The number of carbonyl (C=O) groups is 1. The van der Waals surface area contributed by atoms with Gasteiger partial charge in [0.15, 0.2) is 7.98 Å². The number of nitrogens with zero attached hydrogens (tertiary/aromatic N) is 2. The van der Waals surface area contributed by atoms with E-state index < -0.39 is 0 Å². The molecule has 0 spiro atoms. The zero-order chi connectivity index (χ0) is 19.7. The molecule has 2 radical (unpaired) electrons. The van der Waals surface area contributed by atoms with Gasteiger partial charge in [0, 0.05) is 12.7 Å². The molecule has 0 unspecified atom stereocenters. The summed E-state index contributed by atoms with van der Waals surface area (Å²) < 4.78 is 11.2. The minimum atomic E-state index is -0.0463. The predicted octanol–water partition coefficient (Wildman–Crippen LogP) is 2.52. The van der Waals surface area contributed by atoms with Crippen LogP contribution < -0.4 is 9.64 Å². The number of anilines is 1. The monoisotopic (exact) mass is 376 g/mol. The molecular weight excluding hydrogens is 351 g/mol. The Bertz CT molecular complexity index is 900. The van der Waals surface area contributed by atoms with Gasteiger partial charge in [-0.25, -0.2) is 0 Å².